The lowest BCUT2D eigenvalue weighted by atomic mass is 9.67. The predicted molar refractivity (Wildman–Crippen MR) is 136 cm³/mol. The van der Waals surface area contributed by atoms with E-state index in [0.717, 1.165) is 11.1 Å². The second-order valence-corrected chi connectivity index (χ2v) is 9.50. The summed E-state index contributed by atoms with van der Waals surface area (Å²) in [6.07, 6.45) is 1.71. The lowest BCUT2D eigenvalue weighted by Crippen LogP contribution is -2.54. The van der Waals surface area contributed by atoms with Crippen molar-refractivity contribution in [2.75, 3.05) is 25.1 Å². The number of carbonyl (C=O) groups excluding carboxylic acids is 1. The topological polar surface area (TPSA) is 101 Å². The summed E-state index contributed by atoms with van der Waals surface area (Å²) < 4.78 is 50.2. The lowest BCUT2D eigenvalue weighted by molar-refractivity contribution is -0.215. The van der Waals surface area contributed by atoms with E-state index < -0.39 is 29.5 Å². The highest BCUT2D eigenvalue weighted by Crippen LogP contribution is 2.52. The molecule has 1 aliphatic heterocycles. The van der Waals surface area contributed by atoms with Gasteiger partial charge in [-0.15, -0.1) is 0 Å². The van der Waals surface area contributed by atoms with E-state index in [2.05, 4.69) is 15.6 Å². The summed E-state index contributed by atoms with van der Waals surface area (Å²) in [5.74, 6) is -1.64. The molecule has 2 aliphatic rings. The fraction of sp³-hybridized carbons (Fsp3) is 0.393. The van der Waals surface area contributed by atoms with Crippen molar-refractivity contribution in [2.24, 2.45) is 11.3 Å². The number of rotatable bonds is 9. The van der Waals surface area contributed by atoms with Crippen LogP contribution in [0.1, 0.15) is 41.6 Å². The Balaban J connectivity index is 1.59. The molecule has 1 saturated heterocycles. The minimum absolute atomic E-state index is 0.0427. The third-order valence-electron chi connectivity index (χ3n) is 7.10. The second-order valence-electron chi connectivity index (χ2n) is 9.50. The van der Waals surface area contributed by atoms with Gasteiger partial charge in [0.15, 0.2) is 0 Å². The van der Waals surface area contributed by atoms with Gasteiger partial charge in [0.05, 0.1) is 12.0 Å². The molecule has 2 unspecified atom stereocenters. The summed E-state index contributed by atoms with van der Waals surface area (Å²) in [6, 6.07) is 11.2. The second kappa shape index (κ2) is 11.8. The molecule has 1 amide bonds. The molecule has 4 rings (SSSR count). The Kier molecular flexibility index (Phi) is 8.51. The smallest absolute Gasteiger partial charge is 0.400 e. The number of halogens is 3. The number of alkyl halides is 3. The van der Waals surface area contributed by atoms with E-state index in [1.54, 1.807) is 12.2 Å². The zero-order valence-electron chi connectivity index (χ0n) is 20.7. The van der Waals surface area contributed by atoms with Crippen molar-refractivity contribution in [3.63, 3.8) is 0 Å². The minimum Gasteiger partial charge on any atom is -0.481 e. The fourth-order valence-corrected chi connectivity index (χ4v) is 4.99. The van der Waals surface area contributed by atoms with Crippen LogP contribution in [0, 0.1) is 11.3 Å². The Hall–Kier alpha value is -3.66. The van der Waals surface area contributed by atoms with Crippen molar-refractivity contribution in [1.29, 1.82) is 0 Å². The molecule has 0 bridgehead atoms. The molecule has 0 radical (unpaired) electrons. The normalized spacial score (nSPS) is 20.9. The number of allylic oxidation sites excluding steroid dienone is 3. The van der Waals surface area contributed by atoms with Crippen LogP contribution >= 0.6 is 0 Å². The number of anilines is 1. The fourth-order valence-electron chi connectivity index (χ4n) is 4.99. The molecule has 7 nitrogen and oxygen atoms in total. The number of hydrogen-bond donors (Lipinski definition) is 3. The summed E-state index contributed by atoms with van der Waals surface area (Å²) in [4.78, 5) is 27.1. The number of pyridine rings is 1. The molecule has 1 aromatic heterocycles. The van der Waals surface area contributed by atoms with Crippen molar-refractivity contribution in [3.05, 3.63) is 78.0 Å². The number of nitrogens with zero attached hydrogens (tertiary/aromatic N) is 1. The van der Waals surface area contributed by atoms with E-state index in [1.165, 1.54) is 24.4 Å². The zero-order chi connectivity index (χ0) is 27.2. The Morgan fingerprint density at radius 2 is 1.87 bits per heavy atom. The van der Waals surface area contributed by atoms with Gasteiger partial charge < -0.3 is 20.5 Å². The van der Waals surface area contributed by atoms with E-state index in [9.17, 15) is 22.8 Å². The first kappa shape index (κ1) is 27.4. The van der Waals surface area contributed by atoms with Crippen molar-refractivity contribution in [3.8, 4) is 0 Å². The summed E-state index contributed by atoms with van der Waals surface area (Å²) in [6.45, 7) is 0.724. The molecule has 0 saturated carbocycles. The standard InChI is InChI=1S/C28H30F3N3O4/c29-28(30,31)27(13-8-20(9-14-27)19-4-2-1-3-5-19)25(21-11-16-38-17-12-21)34-23-7-6-22(18-33-23)26(37)32-15-10-24(35)36/h1-9,13,18,21,25H,10-12,14-17H2,(H,32,37)(H,33,34)(H,35,36). The predicted octanol–water partition coefficient (Wildman–Crippen LogP) is 5.09. The van der Waals surface area contributed by atoms with Crippen LogP contribution < -0.4 is 10.6 Å². The summed E-state index contributed by atoms with van der Waals surface area (Å²) in [5, 5.41) is 14.3. The molecular weight excluding hydrogens is 499 g/mol. The summed E-state index contributed by atoms with van der Waals surface area (Å²) in [7, 11) is 0. The molecule has 3 N–H and O–H groups in total. The van der Waals surface area contributed by atoms with Crippen LogP contribution in [-0.4, -0.2) is 53.9 Å². The van der Waals surface area contributed by atoms with Crippen molar-refractivity contribution in [1.82, 2.24) is 10.3 Å². The number of amides is 1. The largest absolute Gasteiger partial charge is 0.481 e. The molecule has 1 aliphatic carbocycles. The molecule has 10 heteroatoms. The molecule has 2 heterocycles. The number of ether oxygens (including phenoxy) is 1. The quantitative estimate of drug-likeness (QED) is 0.419. The third kappa shape index (κ3) is 6.24. The van der Waals surface area contributed by atoms with Gasteiger partial charge in [-0.1, -0.05) is 48.6 Å². The number of benzene rings is 1. The molecule has 1 fully saturated rings. The molecule has 2 aromatic rings. The first-order chi connectivity index (χ1) is 18.2. The number of carboxylic acid groups (broad SMARTS) is 1. The zero-order valence-corrected chi connectivity index (χ0v) is 20.7. The van der Waals surface area contributed by atoms with Crippen LogP contribution in [0.3, 0.4) is 0 Å². The van der Waals surface area contributed by atoms with Crippen LogP contribution in [0.5, 0.6) is 0 Å². The van der Waals surface area contributed by atoms with Crippen LogP contribution in [0.4, 0.5) is 19.0 Å². The number of nitrogens with one attached hydrogen (secondary N) is 2. The number of aliphatic carboxylic acids is 1. The van der Waals surface area contributed by atoms with E-state index in [-0.39, 0.29) is 36.7 Å². The van der Waals surface area contributed by atoms with Gasteiger partial charge in [0.1, 0.15) is 11.2 Å². The SMILES string of the molecule is O=C(O)CCNC(=O)c1ccc(NC(C2CCOCC2)C2(C(F)(F)F)C=CC(c3ccccc3)=CC2)nc1. The van der Waals surface area contributed by atoms with Crippen LogP contribution in [0.25, 0.3) is 5.57 Å². The van der Waals surface area contributed by atoms with E-state index in [4.69, 9.17) is 9.84 Å². The first-order valence-corrected chi connectivity index (χ1v) is 12.5. The van der Waals surface area contributed by atoms with Gasteiger partial charge in [-0.2, -0.15) is 13.2 Å². The van der Waals surface area contributed by atoms with Gasteiger partial charge in [0.25, 0.3) is 5.91 Å². The summed E-state index contributed by atoms with van der Waals surface area (Å²) >= 11 is 0. The van der Waals surface area contributed by atoms with Crippen molar-refractivity contribution < 1.29 is 32.6 Å². The monoisotopic (exact) mass is 529 g/mol. The Morgan fingerprint density at radius 3 is 2.45 bits per heavy atom. The van der Waals surface area contributed by atoms with Crippen LogP contribution in [0.15, 0.2) is 66.9 Å². The van der Waals surface area contributed by atoms with Crippen molar-refractivity contribution >= 4 is 23.3 Å². The third-order valence-corrected chi connectivity index (χ3v) is 7.10. The van der Waals surface area contributed by atoms with Crippen LogP contribution in [0.2, 0.25) is 0 Å². The maximum absolute atomic E-state index is 14.9. The molecule has 1 aromatic carbocycles. The Labute approximate surface area is 218 Å². The molecule has 2 atom stereocenters. The van der Waals surface area contributed by atoms with E-state index in [1.807, 2.05) is 30.3 Å². The van der Waals surface area contributed by atoms with Crippen LogP contribution in [-0.2, 0) is 9.53 Å². The van der Waals surface area contributed by atoms with E-state index in [0.29, 0.717) is 26.1 Å². The lowest BCUT2D eigenvalue weighted by Gasteiger charge is -2.46. The number of carbonyl (C=O) groups is 2. The molecule has 0 spiro atoms. The van der Waals surface area contributed by atoms with Gasteiger partial charge in [-0.05, 0) is 48.4 Å². The Morgan fingerprint density at radius 1 is 1.13 bits per heavy atom. The van der Waals surface area contributed by atoms with Gasteiger partial charge >= 0.3 is 12.1 Å². The molecule has 202 valence electrons. The van der Waals surface area contributed by atoms with E-state index >= 15 is 0 Å². The minimum atomic E-state index is -4.54. The highest BCUT2D eigenvalue weighted by molar-refractivity contribution is 5.94. The average Bonchev–Trinajstić information content (AvgIpc) is 2.92. The van der Waals surface area contributed by atoms with Crippen molar-refractivity contribution in [2.45, 2.75) is 37.9 Å². The number of aromatic nitrogens is 1. The number of carboxylic acids is 1. The Bertz CT molecular complexity index is 1180. The average molecular weight is 530 g/mol. The van der Waals surface area contributed by atoms with Gasteiger partial charge in [0, 0.05) is 32.0 Å². The maximum atomic E-state index is 14.9. The summed E-state index contributed by atoms with van der Waals surface area (Å²) in [5.41, 5.74) is -0.384. The highest BCUT2D eigenvalue weighted by atomic mass is 19.4. The highest BCUT2D eigenvalue weighted by Gasteiger charge is 2.59. The first-order valence-electron chi connectivity index (χ1n) is 12.5. The maximum Gasteiger partial charge on any atom is 0.400 e. The van der Waals surface area contributed by atoms with Gasteiger partial charge in [0.2, 0.25) is 0 Å². The number of hydrogen-bond acceptors (Lipinski definition) is 5. The van der Waals surface area contributed by atoms with Gasteiger partial charge in [-0.25, -0.2) is 4.98 Å². The molecule has 38 heavy (non-hydrogen) atoms. The molecular formula is C28H30F3N3O4. The van der Waals surface area contributed by atoms with Gasteiger partial charge in [-0.3, -0.25) is 9.59 Å².